The van der Waals surface area contributed by atoms with E-state index in [0.717, 1.165) is 6.07 Å². The van der Waals surface area contributed by atoms with Crippen molar-refractivity contribution in [2.45, 2.75) is 32.4 Å². The number of halogens is 3. The summed E-state index contributed by atoms with van der Waals surface area (Å²) < 4.78 is 47.5. The van der Waals surface area contributed by atoms with Gasteiger partial charge in [-0.05, 0) is 53.3 Å². The zero-order valence-electron chi connectivity index (χ0n) is 17.2. The van der Waals surface area contributed by atoms with Gasteiger partial charge in [-0.1, -0.05) is 62.4 Å². The van der Waals surface area contributed by atoms with Gasteiger partial charge in [0.1, 0.15) is 11.5 Å². The van der Waals surface area contributed by atoms with Gasteiger partial charge in [0.25, 0.3) is 0 Å². The lowest BCUT2D eigenvalue weighted by Crippen LogP contribution is -2.17. The van der Waals surface area contributed by atoms with Crippen molar-refractivity contribution in [1.29, 1.82) is 0 Å². The van der Waals surface area contributed by atoms with Gasteiger partial charge >= 0.3 is 12.1 Å². The van der Waals surface area contributed by atoms with Crippen molar-refractivity contribution in [1.82, 2.24) is 0 Å². The van der Waals surface area contributed by atoms with Crippen molar-refractivity contribution >= 4 is 5.97 Å². The number of carboxylic acids is 1. The third-order valence-electron chi connectivity index (χ3n) is 4.89. The first-order valence-electron chi connectivity index (χ1n) is 9.93. The second kappa shape index (κ2) is 9.25. The molecule has 3 rings (SSSR count). The van der Waals surface area contributed by atoms with Gasteiger partial charge in [-0.3, -0.25) is 4.79 Å². The molecule has 0 aliphatic rings. The molecule has 0 saturated carbocycles. The molecule has 31 heavy (non-hydrogen) atoms. The highest BCUT2D eigenvalue weighted by atomic mass is 19.4. The largest absolute Gasteiger partial charge is 0.481 e. The topological polar surface area (TPSA) is 46.5 Å². The maximum absolute atomic E-state index is 14.0. The number of para-hydroxylation sites is 1. The lowest BCUT2D eigenvalue weighted by molar-refractivity contribution is -0.140. The molecule has 0 aliphatic heterocycles. The molecule has 1 N–H and O–H groups in total. The van der Waals surface area contributed by atoms with Crippen LogP contribution >= 0.6 is 0 Å². The molecule has 3 nitrogen and oxygen atoms in total. The van der Waals surface area contributed by atoms with Crippen LogP contribution in [-0.4, -0.2) is 11.1 Å². The number of hydrogen-bond donors (Lipinski definition) is 1. The zero-order valence-corrected chi connectivity index (χ0v) is 17.2. The average Bonchev–Trinajstić information content (AvgIpc) is 2.72. The van der Waals surface area contributed by atoms with Gasteiger partial charge in [-0.25, -0.2) is 0 Å². The summed E-state index contributed by atoms with van der Waals surface area (Å²) >= 11 is 0. The number of carboxylic acid groups (broad SMARTS) is 1. The Morgan fingerprint density at radius 1 is 0.968 bits per heavy atom. The smallest absolute Gasteiger partial charge is 0.419 e. The molecule has 6 heteroatoms. The Bertz CT molecular complexity index is 1030. The molecule has 0 amide bonds. The van der Waals surface area contributed by atoms with E-state index in [9.17, 15) is 23.1 Å². The molecule has 1 atom stereocenters. The first kappa shape index (κ1) is 22.4. The maximum Gasteiger partial charge on any atom is 0.419 e. The van der Waals surface area contributed by atoms with Crippen LogP contribution in [0.2, 0.25) is 0 Å². The van der Waals surface area contributed by atoms with E-state index >= 15 is 0 Å². The molecule has 0 spiro atoms. The summed E-state index contributed by atoms with van der Waals surface area (Å²) in [6, 6.07) is 19.2. The minimum absolute atomic E-state index is 0.0145. The standard InChI is InChI=1S/C25H23F3O3/c1-16(2)13-21(24(29)30)20-14-22(25(26,27)28)23(31-18-11-7-4-8-12-18)15-19(20)17-9-5-3-6-10-17/h3-12,14-16,21H,13H2,1-2H3,(H,29,30). The Labute approximate surface area is 179 Å². The summed E-state index contributed by atoms with van der Waals surface area (Å²) in [5, 5.41) is 9.83. The first-order valence-corrected chi connectivity index (χ1v) is 9.93. The Morgan fingerprint density at radius 2 is 1.55 bits per heavy atom. The number of alkyl halides is 3. The molecular weight excluding hydrogens is 405 g/mol. The number of benzene rings is 3. The maximum atomic E-state index is 14.0. The summed E-state index contributed by atoms with van der Waals surface area (Å²) in [7, 11) is 0. The summed E-state index contributed by atoms with van der Waals surface area (Å²) in [6.45, 7) is 3.69. The molecule has 3 aromatic rings. The van der Waals surface area contributed by atoms with Crippen LogP contribution in [0.4, 0.5) is 13.2 Å². The van der Waals surface area contributed by atoms with Crippen LogP contribution in [0.15, 0.2) is 72.8 Å². The van der Waals surface area contributed by atoms with Gasteiger partial charge in [-0.2, -0.15) is 13.2 Å². The van der Waals surface area contributed by atoms with Crippen LogP contribution in [-0.2, 0) is 11.0 Å². The number of aliphatic carboxylic acids is 1. The Kier molecular flexibility index (Phi) is 6.68. The predicted octanol–water partition coefficient (Wildman–Crippen LogP) is 7.38. The van der Waals surface area contributed by atoms with Gasteiger partial charge in [0.05, 0.1) is 11.5 Å². The Hall–Kier alpha value is -3.28. The molecule has 0 saturated heterocycles. The van der Waals surface area contributed by atoms with Crippen LogP contribution in [0.25, 0.3) is 11.1 Å². The van der Waals surface area contributed by atoms with E-state index in [4.69, 9.17) is 4.74 Å². The third kappa shape index (κ3) is 5.45. The molecule has 0 heterocycles. The summed E-state index contributed by atoms with van der Waals surface area (Å²) in [4.78, 5) is 12.0. The average molecular weight is 428 g/mol. The monoisotopic (exact) mass is 428 g/mol. The van der Waals surface area contributed by atoms with Gasteiger partial charge in [0, 0.05) is 0 Å². The fourth-order valence-corrected chi connectivity index (χ4v) is 3.51. The van der Waals surface area contributed by atoms with Crippen molar-refractivity contribution in [3.8, 4) is 22.6 Å². The number of hydrogen-bond acceptors (Lipinski definition) is 2. The van der Waals surface area contributed by atoms with E-state index in [-0.39, 0.29) is 29.4 Å². The highest BCUT2D eigenvalue weighted by Gasteiger charge is 2.37. The molecule has 0 fully saturated rings. The lowest BCUT2D eigenvalue weighted by Gasteiger charge is -2.23. The van der Waals surface area contributed by atoms with Crippen molar-refractivity contribution in [3.05, 3.63) is 83.9 Å². The van der Waals surface area contributed by atoms with Gasteiger partial charge < -0.3 is 9.84 Å². The van der Waals surface area contributed by atoms with Gasteiger partial charge in [0.15, 0.2) is 0 Å². The lowest BCUT2D eigenvalue weighted by atomic mass is 9.84. The zero-order chi connectivity index (χ0) is 22.6. The Morgan fingerprint density at radius 3 is 2.06 bits per heavy atom. The van der Waals surface area contributed by atoms with Crippen LogP contribution in [0.3, 0.4) is 0 Å². The molecule has 0 radical (unpaired) electrons. The van der Waals surface area contributed by atoms with Crippen LogP contribution in [0, 0.1) is 5.92 Å². The van der Waals surface area contributed by atoms with E-state index in [1.165, 1.54) is 6.07 Å². The van der Waals surface area contributed by atoms with E-state index in [1.807, 2.05) is 13.8 Å². The first-order chi connectivity index (χ1) is 14.7. The van der Waals surface area contributed by atoms with Crippen molar-refractivity contribution < 1.29 is 27.8 Å². The summed E-state index contributed by atoms with van der Waals surface area (Å²) in [6.07, 6.45) is -4.50. The fourth-order valence-electron chi connectivity index (χ4n) is 3.51. The van der Waals surface area contributed by atoms with Crippen LogP contribution in [0.1, 0.15) is 37.3 Å². The minimum atomic E-state index is -4.71. The normalized spacial score (nSPS) is 12.6. The highest BCUT2D eigenvalue weighted by Crippen LogP contribution is 2.44. The molecule has 0 aromatic heterocycles. The fraction of sp³-hybridized carbons (Fsp3) is 0.240. The SMILES string of the molecule is CC(C)CC(C(=O)O)c1cc(C(F)(F)F)c(Oc2ccccc2)cc1-c1ccccc1. The van der Waals surface area contributed by atoms with E-state index < -0.39 is 23.6 Å². The predicted molar refractivity (Wildman–Crippen MR) is 113 cm³/mol. The molecule has 162 valence electrons. The van der Waals surface area contributed by atoms with E-state index in [2.05, 4.69) is 0 Å². The summed E-state index contributed by atoms with van der Waals surface area (Å²) in [5.74, 6) is -2.36. The van der Waals surface area contributed by atoms with Crippen molar-refractivity contribution in [2.24, 2.45) is 5.92 Å². The number of rotatable bonds is 7. The second-order valence-corrected chi connectivity index (χ2v) is 7.73. The van der Waals surface area contributed by atoms with Gasteiger partial charge in [-0.15, -0.1) is 0 Å². The molecular formula is C25H23F3O3. The van der Waals surface area contributed by atoms with Crippen LogP contribution < -0.4 is 4.74 Å². The molecule has 0 aliphatic carbocycles. The quantitative estimate of drug-likeness (QED) is 0.427. The number of ether oxygens (including phenoxy) is 1. The van der Waals surface area contributed by atoms with Crippen molar-refractivity contribution in [3.63, 3.8) is 0 Å². The molecule has 1 unspecified atom stereocenters. The van der Waals surface area contributed by atoms with Crippen molar-refractivity contribution in [2.75, 3.05) is 0 Å². The van der Waals surface area contributed by atoms with Crippen LogP contribution in [0.5, 0.6) is 11.5 Å². The second-order valence-electron chi connectivity index (χ2n) is 7.73. The van der Waals surface area contributed by atoms with E-state index in [1.54, 1.807) is 60.7 Å². The highest BCUT2D eigenvalue weighted by molar-refractivity contribution is 5.82. The molecule has 0 bridgehead atoms. The molecule has 3 aromatic carbocycles. The Balaban J connectivity index is 2.27. The van der Waals surface area contributed by atoms with E-state index in [0.29, 0.717) is 11.1 Å². The third-order valence-corrected chi connectivity index (χ3v) is 4.89. The number of carbonyl (C=O) groups is 1. The summed E-state index contributed by atoms with van der Waals surface area (Å²) in [5.41, 5.74) is 0.160. The minimum Gasteiger partial charge on any atom is -0.481 e. The van der Waals surface area contributed by atoms with Gasteiger partial charge in [0.2, 0.25) is 0 Å².